The number of nitrogens with one attached hydrogen (secondary N) is 1. The number of amides is 2. The zero-order valence-corrected chi connectivity index (χ0v) is 19.8. The monoisotopic (exact) mass is 490 g/mol. The van der Waals surface area contributed by atoms with Crippen molar-refractivity contribution in [3.05, 3.63) is 94.3 Å². The fourth-order valence-corrected chi connectivity index (χ4v) is 5.01. The Morgan fingerprint density at radius 1 is 1.03 bits per heavy atom. The van der Waals surface area contributed by atoms with E-state index >= 15 is 0 Å². The van der Waals surface area contributed by atoms with Crippen LogP contribution in [-0.4, -0.2) is 25.9 Å². The smallest absolute Gasteiger partial charge is 0.340 e. The highest BCUT2D eigenvalue weighted by atomic mass is 35.5. The van der Waals surface area contributed by atoms with E-state index in [0.29, 0.717) is 17.7 Å². The molecule has 1 N–H and O–H groups in total. The molecule has 0 bridgehead atoms. The van der Waals surface area contributed by atoms with Crippen LogP contribution in [0.3, 0.4) is 0 Å². The third-order valence-electron chi connectivity index (χ3n) is 4.79. The lowest BCUT2D eigenvalue weighted by molar-refractivity contribution is 0.193. The normalized spacial score (nSPS) is 11.2. The Balaban J connectivity index is 1.83. The average molecular weight is 491 g/mol. The Labute approximate surface area is 198 Å². The summed E-state index contributed by atoms with van der Waals surface area (Å²) in [7, 11) is -4.16. The summed E-state index contributed by atoms with van der Waals surface area (Å²) in [5, 5.41) is 2.83. The van der Waals surface area contributed by atoms with Gasteiger partial charge in [0.25, 0.3) is 0 Å². The maximum atomic E-state index is 13.2. The number of nitrogens with zero attached hydrogens (tertiary/aromatic N) is 1. The van der Waals surface area contributed by atoms with Crippen LogP contribution < -0.4 is 9.50 Å². The summed E-state index contributed by atoms with van der Waals surface area (Å²) in [5.74, 6) is -0.257. The number of hydrogen-bond acceptors (Lipinski definition) is 4. The molecule has 0 atom stereocenters. The molecule has 0 radical (unpaired) electrons. The second-order valence-electron chi connectivity index (χ2n) is 7.39. The molecule has 0 spiro atoms. The second-order valence-corrected chi connectivity index (χ2v) is 9.28. The molecule has 3 aromatic carbocycles. The zero-order chi connectivity index (χ0) is 24.0. The molecule has 0 aromatic heterocycles. The summed E-state index contributed by atoms with van der Waals surface area (Å²) in [5.41, 5.74) is 1.89. The molecule has 0 saturated carbocycles. The van der Waals surface area contributed by atoms with Gasteiger partial charge in [0.2, 0.25) is 0 Å². The topological polar surface area (TPSA) is 75.7 Å². The van der Waals surface area contributed by atoms with Crippen LogP contribution in [0.2, 0.25) is 5.02 Å². The van der Waals surface area contributed by atoms with E-state index in [9.17, 15) is 17.6 Å². The molecule has 6 nitrogen and oxygen atoms in total. The Kier molecular flexibility index (Phi) is 7.94. The van der Waals surface area contributed by atoms with Crippen molar-refractivity contribution in [3.8, 4) is 5.75 Å². The maximum Gasteiger partial charge on any atom is 0.340 e. The minimum Gasteiger partial charge on any atom is -0.379 e. The Bertz CT molecular complexity index is 1210. The van der Waals surface area contributed by atoms with Gasteiger partial charge in [-0.1, -0.05) is 48.0 Å². The molecule has 0 aliphatic carbocycles. The summed E-state index contributed by atoms with van der Waals surface area (Å²) in [6.07, 6.45) is 0. The molecule has 0 aliphatic rings. The van der Waals surface area contributed by atoms with Gasteiger partial charge in [0.05, 0.1) is 5.02 Å². The fraction of sp³-hybridized carbons (Fsp3) is 0.208. The van der Waals surface area contributed by atoms with Gasteiger partial charge in [0.1, 0.15) is 16.5 Å². The zero-order valence-electron chi connectivity index (χ0n) is 18.2. The molecular weight excluding hydrogens is 467 g/mol. The lowest BCUT2D eigenvalue weighted by Gasteiger charge is -2.23. The van der Waals surface area contributed by atoms with Crippen LogP contribution in [0.4, 0.5) is 9.18 Å². The van der Waals surface area contributed by atoms with Crippen molar-refractivity contribution in [2.24, 2.45) is 0 Å². The minimum atomic E-state index is -4.16. The van der Waals surface area contributed by atoms with Crippen LogP contribution in [0.5, 0.6) is 5.75 Å². The molecule has 3 aromatic rings. The first kappa shape index (κ1) is 24.5. The summed E-state index contributed by atoms with van der Waals surface area (Å²) < 4.78 is 44.2. The predicted octanol–water partition coefficient (Wildman–Crippen LogP) is 5.29. The van der Waals surface area contributed by atoms with Crippen LogP contribution in [0.15, 0.2) is 71.6 Å². The van der Waals surface area contributed by atoms with E-state index in [1.807, 2.05) is 6.92 Å². The van der Waals surface area contributed by atoms with E-state index in [1.165, 1.54) is 24.3 Å². The van der Waals surface area contributed by atoms with E-state index < -0.39 is 10.1 Å². The number of carbonyl (C=O) groups excluding carboxylic acids is 1. The van der Waals surface area contributed by atoms with Gasteiger partial charge in [-0.05, 0) is 60.9 Å². The molecule has 0 fully saturated rings. The molecule has 9 heteroatoms. The van der Waals surface area contributed by atoms with Gasteiger partial charge in [0, 0.05) is 19.6 Å². The fourth-order valence-electron chi connectivity index (χ4n) is 3.29. The SMILES string of the molecule is CCNC(=O)N(Cc1ccc(F)cc1)Cc1cccc(OS(=O)(=O)c2c(C)cccc2Cl)c1. The van der Waals surface area contributed by atoms with E-state index in [2.05, 4.69) is 5.32 Å². The van der Waals surface area contributed by atoms with Gasteiger partial charge < -0.3 is 14.4 Å². The first-order chi connectivity index (χ1) is 15.7. The highest BCUT2D eigenvalue weighted by molar-refractivity contribution is 7.87. The lowest BCUT2D eigenvalue weighted by Crippen LogP contribution is -2.38. The molecule has 3 rings (SSSR count). The summed E-state index contributed by atoms with van der Waals surface area (Å²) >= 11 is 6.10. The van der Waals surface area contributed by atoms with Gasteiger partial charge in [-0.3, -0.25) is 0 Å². The van der Waals surface area contributed by atoms with Crippen molar-refractivity contribution in [2.75, 3.05) is 6.54 Å². The van der Waals surface area contributed by atoms with Crippen LogP contribution in [0.1, 0.15) is 23.6 Å². The minimum absolute atomic E-state index is 0.0767. The van der Waals surface area contributed by atoms with E-state index in [0.717, 1.165) is 5.56 Å². The predicted molar refractivity (Wildman–Crippen MR) is 125 cm³/mol. The Morgan fingerprint density at radius 3 is 2.36 bits per heavy atom. The molecule has 33 heavy (non-hydrogen) atoms. The molecule has 0 heterocycles. The lowest BCUT2D eigenvalue weighted by atomic mass is 10.1. The third-order valence-corrected chi connectivity index (χ3v) is 6.67. The first-order valence-electron chi connectivity index (χ1n) is 10.3. The van der Waals surface area contributed by atoms with Crippen molar-refractivity contribution in [1.82, 2.24) is 10.2 Å². The third kappa shape index (κ3) is 6.46. The van der Waals surface area contributed by atoms with Crippen LogP contribution in [-0.2, 0) is 23.2 Å². The number of urea groups is 1. The van der Waals surface area contributed by atoms with Crippen molar-refractivity contribution in [3.63, 3.8) is 0 Å². The maximum absolute atomic E-state index is 13.2. The van der Waals surface area contributed by atoms with Gasteiger partial charge >= 0.3 is 16.1 Å². The molecule has 0 unspecified atom stereocenters. The van der Waals surface area contributed by atoms with Crippen LogP contribution >= 0.6 is 11.6 Å². The number of rotatable bonds is 8. The molecular formula is C24H24ClFN2O4S. The number of aryl methyl sites for hydroxylation is 1. The van der Waals surface area contributed by atoms with E-state index in [4.69, 9.17) is 15.8 Å². The highest BCUT2D eigenvalue weighted by Crippen LogP contribution is 2.28. The van der Waals surface area contributed by atoms with Gasteiger partial charge in [-0.2, -0.15) is 8.42 Å². The van der Waals surface area contributed by atoms with Gasteiger partial charge in [-0.25, -0.2) is 9.18 Å². The number of halogens is 2. The average Bonchev–Trinajstić information content (AvgIpc) is 2.74. The molecule has 174 valence electrons. The molecule has 0 aliphatic heterocycles. The van der Waals surface area contributed by atoms with E-state index in [1.54, 1.807) is 54.3 Å². The van der Waals surface area contributed by atoms with Crippen molar-refractivity contribution < 1.29 is 21.8 Å². The Hall–Kier alpha value is -3.10. The van der Waals surface area contributed by atoms with Gasteiger partial charge in [-0.15, -0.1) is 0 Å². The quantitative estimate of drug-likeness (QED) is 0.435. The van der Waals surface area contributed by atoms with Crippen LogP contribution in [0, 0.1) is 12.7 Å². The highest BCUT2D eigenvalue weighted by Gasteiger charge is 2.23. The van der Waals surface area contributed by atoms with Gasteiger partial charge in [0.15, 0.2) is 0 Å². The standard InChI is InChI=1S/C24H24ClFN2O4S/c1-3-27-24(29)28(15-18-10-12-20(26)13-11-18)16-19-7-5-8-21(14-19)32-33(30,31)23-17(2)6-4-9-22(23)25/h4-14H,3,15-16H2,1-2H3,(H,27,29). The second kappa shape index (κ2) is 10.7. The van der Waals surface area contributed by atoms with Crippen molar-refractivity contribution >= 4 is 27.8 Å². The number of carbonyl (C=O) groups is 1. The largest absolute Gasteiger partial charge is 0.379 e. The van der Waals surface area contributed by atoms with E-state index in [-0.39, 0.29) is 40.6 Å². The summed E-state index contributed by atoms with van der Waals surface area (Å²) in [6, 6.07) is 16.9. The first-order valence-corrected chi connectivity index (χ1v) is 12.0. The molecule has 0 saturated heterocycles. The number of hydrogen-bond donors (Lipinski definition) is 1. The van der Waals surface area contributed by atoms with Crippen molar-refractivity contribution in [2.45, 2.75) is 31.8 Å². The number of benzene rings is 3. The van der Waals surface area contributed by atoms with Crippen LogP contribution in [0.25, 0.3) is 0 Å². The summed E-state index contributed by atoms with van der Waals surface area (Å²) in [4.78, 5) is 14.0. The van der Waals surface area contributed by atoms with Crippen molar-refractivity contribution in [1.29, 1.82) is 0 Å². The summed E-state index contributed by atoms with van der Waals surface area (Å²) in [6.45, 7) is 4.32. The Morgan fingerprint density at radius 2 is 1.70 bits per heavy atom. The molecule has 2 amide bonds.